The van der Waals surface area contributed by atoms with Crippen LogP contribution >= 0.6 is 0 Å². The lowest BCUT2D eigenvalue weighted by molar-refractivity contribution is 0.481. The predicted octanol–water partition coefficient (Wildman–Crippen LogP) is 2.64. The van der Waals surface area contributed by atoms with Crippen molar-refractivity contribution in [3.8, 4) is 6.07 Å². The molecule has 0 atom stereocenters. The van der Waals surface area contributed by atoms with Crippen molar-refractivity contribution in [2.24, 2.45) is 0 Å². The van der Waals surface area contributed by atoms with Crippen LogP contribution in [0.5, 0.6) is 0 Å². The number of aryl methyl sites for hydroxylation is 1. The van der Waals surface area contributed by atoms with Crippen molar-refractivity contribution in [3.05, 3.63) is 29.3 Å². The molecule has 74 valence electrons. The highest BCUT2D eigenvalue weighted by molar-refractivity contribution is 5.55. The van der Waals surface area contributed by atoms with Gasteiger partial charge in [0.2, 0.25) is 0 Å². The molecular weight excluding hydrogens is 179 g/mol. The summed E-state index contributed by atoms with van der Waals surface area (Å²) in [4.78, 5) is 0. The topological polar surface area (TPSA) is 35.8 Å². The molecule has 0 aromatic heterocycles. The van der Waals surface area contributed by atoms with Gasteiger partial charge in [-0.05, 0) is 31.0 Å². The van der Waals surface area contributed by atoms with E-state index in [0.717, 1.165) is 11.3 Å². The van der Waals surface area contributed by atoms with Crippen molar-refractivity contribution in [2.75, 3.05) is 18.5 Å². The molecule has 1 aromatic rings. The van der Waals surface area contributed by atoms with E-state index in [4.69, 9.17) is 5.26 Å². The summed E-state index contributed by atoms with van der Waals surface area (Å²) in [5.41, 5.74) is 2.61. The summed E-state index contributed by atoms with van der Waals surface area (Å²) in [6, 6.07) is 7.51. The molecule has 0 aliphatic carbocycles. The van der Waals surface area contributed by atoms with Crippen LogP contribution in [-0.2, 0) is 0 Å². The van der Waals surface area contributed by atoms with Crippen molar-refractivity contribution < 1.29 is 4.39 Å². The third kappa shape index (κ3) is 2.74. The molecule has 0 aliphatic rings. The first-order chi connectivity index (χ1) is 6.77. The fraction of sp³-hybridized carbons (Fsp3) is 0.364. The minimum absolute atomic E-state index is 0.315. The summed E-state index contributed by atoms with van der Waals surface area (Å²) in [5, 5.41) is 11.8. The summed E-state index contributed by atoms with van der Waals surface area (Å²) in [6.07, 6.45) is 0.496. The minimum atomic E-state index is -0.315. The van der Waals surface area contributed by atoms with Crippen LogP contribution in [0.2, 0.25) is 0 Å². The maximum atomic E-state index is 11.8. The van der Waals surface area contributed by atoms with E-state index in [0.29, 0.717) is 18.5 Å². The lowest BCUT2D eigenvalue weighted by Crippen LogP contribution is -2.03. The maximum Gasteiger partial charge on any atom is 0.0992 e. The van der Waals surface area contributed by atoms with E-state index in [9.17, 15) is 4.39 Å². The van der Waals surface area contributed by atoms with Crippen molar-refractivity contribution in [1.29, 1.82) is 5.26 Å². The second-order valence-electron chi connectivity index (χ2n) is 3.11. The molecule has 0 heterocycles. The molecular formula is C11H13FN2. The molecule has 0 radical (unpaired) electrons. The third-order valence-corrected chi connectivity index (χ3v) is 1.99. The predicted molar refractivity (Wildman–Crippen MR) is 55.0 cm³/mol. The number of alkyl halides is 1. The Kier molecular flexibility index (Phi) is 3.93. The van der Waals surface area contributed by atoms with Gasteiger partial charge in [0.1, 0.15) is 0 Å². The van der Waals surface area contributed by atoms with Crippen LogP contribution in [0.1, 0.15) is 17.5 Å². The second-order valence-corrected chi connectivity index (χ2v) is 3.11. The monoisotopic (exact) mass is 192 g/mol. The van der Waals surface area contributed by atoms with Crippen molar-refractivity contribution in [3.63, 3.8) is 0 Å². The van der Waals surface area contributed by atoms with Gasteiger partial charge in [-0.1, -0.05) is 6.07 Å². The van der Waals surface area contributed by atoms with Gasteiger partial charge in [-0.15, -0.1) is 0 Å². The normalized spacial score (nSPS) is 9.50. The molecule has 1 rings (SSSR count). The summed E-state index contributed by atoms with van der Waals surface area (Å²) in [6.45, 7) is 2.25. The average molecular weight is 192 g/mol. The lowest BCUT2D eigenvalue weighted by Gasteiger charge is -2.08. The van der Waals surface area contributed by atoms with Gasteiger partial charge in [-0.25, -0.2) is 0 Å². The van der Waals surface area contributed by atoms with Crippen LogP contribution < -0.4 is 5.32 Å². The Bertz CT molecular complexity index is 342. The number of halogens is 1. The van der Waals surface area contributed by atoms with Crippen LogP contribution in [0.15, 0.2) is 18.2 Å². The summed E-state index contributed by atoms with van der Waals surface area (Å²) in [5.74, 6) is 0. The number of nitrogens with zero attached hydrogens (tertiary/aromatic N) is 1. The van der Waals surface area contributed by atoms with Gasteiger partial charge in [-0.3, -0.25) is 4.39 Å². The molecule has 2 nitrogen and oxygen atoms in total. The zero-order chi connectivity index (χ0) is 10.4. The summed E-state index contributed by atoms with van der Waals surface area (Å²) < 4.78 is 11.8. The molecule has 0 aliphatic heterocycles. The zero-order valence-corrected chi connectivity index (χ0v) is 8.18. The fourth-order valence-electron chi connectivity index (χ4n) is 1.17. The van der Waals surface area contributed by atoms with Crippen molar-refractivity contribution >= 4 is 5.69 Å². The quantitative estimate of drug-likeness (QED) is 0.744. The Hall–Kier alpha value is -1.56. The number of anilines is 1. The Labute approximate surface area is 83.4 Å². The fourth-order valence-corrected chi connectivity index (χ4v) is 1.17. The number of hydrogen-bond acceptors (Lipinski definition) is 2. The van der Waals surface area contributed by atoms with Gasteiger partial charge in [0.25, 0.3) is 0 Å². The highest BCUT2D eigenvalue weighted by Gasteiger charge is 1.98. The first-order valence-corrected chi connectivity index (χ1v) is 4.58. The van der Waals surface area contributed by atoms with Crippen LogP contribution in [0.25, 0.3) is 0 Å². The van der Waals surface area contributed by atoms with Crippen LogP contribution in [-0.4, -0.2) is 13.2 Å². The molecule has 0 spiro atoms. The van der Waals surface area contributed by atoms with Crippen molar-refractivity contribution in [2.45, 2.75) is 13.3 Å². The second kappa shape index (κ2) is 5.23. The first kappa shape index (κ1) is 10.5. The number of nitriles is 1. The van der Waals surface area contributed by atoms with E-state index in [1.165, 1.54) is 0 Å². The van der Waals surface area contributed by atoms with Crippen LogP contribution in [0.3, 0.4) is 0 Å². The summed E-state index contributed by atoms with van der Waals surface area (Å²) >= 11 is 0. The minimum Gasteiger partial charge on any atom is -0.385 e. The van der Waals surface area contributed by atoms with Gasteiger partial charge in [0.05, 0.1) is 18.3 Å². The standard InChI is InChI=1S/C11H13FN2/c1-9-3-4-10(8-13)7-11(9)14-6-2-5-12/h3-4,7,14H,2,5-6H2,1H3. The molecule has 0 saturated carbocycles. The number of rotatable bonds is 4. The lowest BCUT2D eigenvalue weighted by atomic mass is 10.1. The van der Waals surface area contributed by atoms with E-state index >= 15 is 0 Å². The van der Waals surface area contributed by atoms with Crippen LogP contribution in [0, 0.1) is 18.3 Å². The molecule has 3 heteroatoms. The number of nitrogens with one attached hydrogen (secondary N) is 1. The molecule has 0 saturated heterocycles. The molecule has 0 bridgehead atoms. The highest BCUT2D eigenvalue weighted by Crippen LogP contribution is 2.16. The maximum absolute atomic E-state index is 11.8. The van der Waals surface area contributed by atoms with Crippen LogP contribution in [0.4, 0.5) is 10.1 Å². The molecule has 0 amide bonds. The molecule has 1 aromatic carbocycles. The molecule has 14 heavy (non-hydrogen) atoms. The molecule has 1 N–H and O–H groups in total. The molecule has 0 fully saturated rings. The van der Waals surface area contributed by atoms with E-state index in [1.54, 1.807) is 12.1 Å². The van der Waals surface area contributed by atoms with Crippen molar-refractivity contribution in [1.82, 2.24) is 0 Å². The number of hydrogen-bond donors (Lipinski definition) is 1. The Morgan fingerprint density at radius 1 is 1.50 bits per heavy atom. The van der Waals surface area contributed by atoms with E-state index in [-0.39, 0.29) is 6.67 Å². The van der Waals surface area contributed by atoms with Gasteiger partial charge in [0, 0.05) is 12.2 Å². The van der Waals surface area contributed by atoms with Gasteiger partial charge < -0.3 is 5.32 Å². The smallest absolute Gasteiger partial charge is 0.0992 e. The van der Waals surface area contributed by atoms with E-state index in [1.807, 2.05) is 13.0 Å². The SMILES string of the molecule is Cc1ccc(C#N)cc1NCCCF. The summed E-state index contributed by atoms with van der Waals surface area (Å²) in [7, 11) is 0. The van der Waals surface area contributed by atoms with E-state index in [2.05, 4.69) is 11.4 Å². The van der Waals surface area contributed by atoms with Gasteiger partial charge >= 0.3 is 0 Å². The third-order valence-electron chi connectivity index (χ3n) is 1.99. The largest absolute Gasteiger partial charge is 0.385 e. The van der Waals surface area contributed by atoms with Gasteiger partial charge in [0.15, 0.2) is 0 Å². The highest BCUT2D eigenvalue weighted by atomic mass is 19.1. The first-order valence-electron chi connectivity index (χ1n) is 4.58. The Balaban J connectivity index is 2.70. The number of benzene rings is 1. The molecule has 0 unspecified atom stereocenters. The van der Waals surface area contributed by atoms with Gasteiger partial charge in [-0.2, -0.15) is 5.26 Å². The average Bonchev–Trinajstić information content (AvgIpc) is 2.21. The Morgan fingerprint density at radius 2 is 2.29 bits per heavy atom. The Morgan fingerprint density at radius 3 is 2.93 bits per heavy atom. The van der Waals surface area contributed by atoms with E-state index < -0.39 is 0 Å². The zero-order valence-electron chi connectivity index (χ0n) is 8.18.